The van der Waals surface area contributed by atoms with E-state index in [1.807, 2.05) is 0 Å². The average Bonchev–Trinajstić information content (AvgIpc) is 2.76. The number of carbonyl (C=O) groups is 1. The average molecular weight is 442 g/mol. The molecule has 32 heavy (non-hydrogen) atoms. The predicted octanol–water partition coefficient (Wildman–Crippen LogP) is 1.60. The maximum absolute atomic E-state index is 12.6. The Bertz CT molecular complexity index is 1180. The largest absolute Gasteiger partial charge is 0.378 e. The molecular formula is C17H14N8O7. The Labute approximate surface area is 178 Å². The third-order valence-corrected chi connectivity index (χ3v) is 4.41. The van der Waals surface area contributed by atoms with Crippen LogP contribution < -0.4 is 16.5 Å². The summed E-state index contributed by atoms with van der Waals surface area (Å²) in [6.07, 6.45) is 0. The van der Waals surface area contributed by atoms with Crippen molar-refractivity contribution < 1.29 is 19.6 Å². The molecule has 0 saturated heterocycles. The highest BCUT2D eigenvalue weighted by molar-refractivity contribution is 6.48. The fourth-order valence-corrected chi connectivity index (χ4v) is 2.91. The van der Waals surface area contributed by atoms with Crippen molar-refractivity contribution in [2.75, 3.05) is 17.2 Å². The van der Waals surface area contributed by atoms with Gasteiger partial charge in [0.2, 0.25) is 5.71 Å². The molecule has 0 fully saturated rings. The van der Waals surface area contributed by atoms with E-state index in [0.29, 0.717) is 5.69 Å². The fraction of sp³-hybridized carbons (Fsp3) is 0.118. The lowest BCUT2D eigenvalue weighted by Gasteiger charge is -2.20. The first-order chi connectivity index (χ1) is 15.2. The number of hydrogen-bond acceptors (Lipinski definition) is 11. The molecule has 1 amide bonds. The minimum Gasteiger partial charge on any atom is -0.378 e. The van der Waals surface area contributed by atoms with E-state index in [1.54, 1.807) is 0 Å². The predicted molar refractivity (Wildman–Crippen MR) is 113 cm³/mol. The Morgan fingerprint density at radius 2 is 1.69 bits per heavy atom. The first-order valence-electron chi connectivity index (χ1n) is 8.78. The van der Waals surface area contributed by atoms with Crippen LogP contribution in [0.15, 0.2) is 52.6 Å². The Hall–Kier alpha value is -4.95. The van der Waals surface area contributed by atoms with Gasteiger partial charge in [0.1, 0.15) is 5.71 Å². The SMILES string of the molecule is N/N=C(/C(=O)Nc1ccc([N+](=O)[O-])cc1)[C@H](C1=Nc2cc([N+](=O)[O-])ccc2NC1)[N+](=O)[O-]. The van der Waals surface area contributed by atoms with Gasteiger partial charge in [-0.15, -0.1) is 0 Å². The van der Waals surface area contributed by atoms with Gasteiger partial charge in [0.15, 0.2) is 0 Å². The molecule has 3 rings (SSSR count). The maximum atomic E-state index is 12.6. The monoisotopic (exact) mass is 442 g/mol. The van der Waals surface area contributed by atoms with E-state index >= 15 is 0 Å². The number of nitrogens with two attached hydrogens (primary N) is 1. The quantitative estimate of drug-likeness (QED) is 0.245. The number of hydrogen-bond donors (Lipinski definition) is 3. The second-order valence-corrected chi connectivity index (χ2v) is 6.38. The third kappa shape index (κ3) is 4.45. The number of nitro groups is 3. The molecule has 0 radical (unpaired) electrons. The third-order valence-electron chi connectivity index (χ3n) is 4.41. The van der Waals surface area contributed by atoms with Gasteiger partial charge in [-0.3, -0.25) is 35.1 Å². The maximum Gasteiger partial charge on any atom is 0.301 e. The number of nitro benzene ring substituents is 2. The molecule has 2 aromatic rings. The van der Waals surface area contributed by atoms with Gasteiger partial charge in [0, 0.05) is 34.9 Å². The van der Waals surface area contributed by atoms with Crippen LogP contribution in [0.3, 0.4) is 0 Å². The Morgan fingerprint density at radius 1 is 1.06 bits per heavy atom. The lowest BCUT2D eigenvalue weighted by atomic mass is 10.0. The molecule has 1 heterocycles. The first kappa shape index (κ1) is 21.8. The van der Waals surface area contributed by atoms with Crippen LogP contribution in [0.2, 0.25) is 0 Å². The van der Waals surface area contributed by atoms with Gasteiger partial charge in [-0.2, -0.15) is 5.10 Å². The lowest BCUT2D eigenvalue weighted by molar-refractivity contribution is -0.484. The number of benzene rings is 2. The highest BCUT2D eigenvalue weighted by atomic mass is 16.6. The summed E-state index contributed by atoms with van der Waals surface area (Å²) < 4.78 is 0. The van der Waals surface area contributed by atoms with Crippen LogP contribution in [0.4, 0.5) is 28.4 Å². The van der Waals surface area contributed by atoms with E-state index in [2.05, 4.69) is 20.7 Å². The van der Waals surface area contributed by atoms with Crippen molar-refractivity contribution in [1.82, 2.24) is 0 Å². The number of nitrogens with one attached hydrogen (secondary N) is 2. The second-order valence-electron chi connectivity index (χ2n) is 6.38. The molecule has 0 aliphatic carbocycles. The van der Waals surface area contributed by atoms with Crippen molar-refractivity contribution in [1.29, 1.82) is 0 Å². The fourth-order valence-electron chi connectivity index (χ4n) is 2.91. The molecule has 0 saturated carbocycles. The number of nitrogens with zero attached hydrogens (tertiary/aromatic N) is 5. The number of aliphatic imine (C=N–C) groups is 1. The topological polar surface area (TPSA) is 221 Å². The normalized spacial score (nSPS) is 13.8. The Balaban J connectivity index is 1.90. The number of amides is 1. The molecule has 0 spiro atoms. The molecule has 1 aliphatic heterocycles. The molecule has 0 bridgehead atoms. The summed E-state index contributed by atoms with van der Waals surface area (Å²) in [6, 6.07) is 6.70. The van der Waals surface area contributed by atoms with Crippen LogP contribution in [0.1, 0.15) is 0 Å². The van der Waals surface area contributed by atoms with Crippen molar-refractivity contribution >= 4 is 45.8 Å². The number of rotatable bonds is 7. The number of hydrazone groups is 1. The number of non-ortho nitro benzene ring substituents is 2. The van der Waals surface area contributed by atoms with Gasteiger partial charge in [-0.05, 0) is 18.2 Å². The van der Waals surface area contributed by atoms with Crippen molar-refractivity contribution in [3.63, 3.8) is 0 Å². The van der Waals surface area contributed by atoms with E-state index < -0.39 is 32.4 Å². The van der Waals surface area contributed by atoms with Gasteiger partial charge in [0.05, 0.1) is 27.8 Å². The van der Waals surface area contributed by atoms with Crippen LogP contribution in [0.25, 0.3) is 0 Å². The lowest BCUT2D eigenvalue weighted by Crippen LogP contribution is -2.47. The zero-order chi connectivity index (χ0) is 23.4. The number of fused-ring (bicyclic) bond motifs is 1. The molecular weight excluding hydrogens is 428 g/mol. The minimum absolute atomic E-state index is 0.0828. The van der Waals surface area contributed by atoms with Crippen LogP contribution in [-0.2, 0) is 4.79 Å². The Kier molecular flexibility index (Phi) is 6.00. The Morgan fingerprint density at radius 3 is 2.25 bits per heavy atom. The van der Waals surface area contributed by atoms with Gasteiger partial charge < -0.3 is 16.5 Å². The van der Waals surface area contributed by atoms with Crippen LogP contribution in [-0.4, -0.2) is 44.7 Å². The molecule has 2 aromatic carbocycles. The molecule has 1 aliphatic rings. The van der Waals surface area contributed by atoms with E-state index in [4.69, 9.17) is 5.84 Å². The summed E-state index contributed by atoms with van der Waals surface area (Å²) in [5.41, 5.74) is -0.684. The van der Waals surface area contributed by atoms with Gasteiger partial charge in [-0.25, -0.2) is 4.99 Å². The molecule has 164 valence electrons. The van der Waals surface area contributed by atoms with Crippen molar-refractivity contribution in [3.05, 3.63) is 72.8 Å². The summed E-state index contributed by atoms with van der Waals surface area (Å²) >= 11 is 0. The van der Waals surface area contributed by atoms with Gasteiger partial charge in [0.25, 0.3) is 17.3 Å². The van der Waals surface area contributed by atoms with Crippen molar-refractivity contribution in [2.24, 2.45) is 15.9 Å². The second kappa shape index (κ2) is 8.82. The van der Waals surface area contributed by atoms with Gasteiger partial charge in [-0.1, -0.05) is 0 Å². The smallest absolute Gasteiger partial charge is 0.301 e. The van der Waals surface area contributed by atoms with Crippen LogP contribution >= 0.6 is 0 Å². The summed E-state index contributed by atoms with van der Waals surface area (Å²) in [5, 5.41) is 41.9. The van der Waals surface area contributed by atoms with Gasteiger partial charge >= 0.3 is 6.04 Å². The zero-order valence-corrected chi connectivity index (χ0v) is 16.0. The van der Waals surface area contributed by atoms with Crippen LogP contribution in [0, 0.1) is 30.3 Å². The molecule has 0 unspecified atom stereocenters. The molecule has 1 atom stereocenters. The molecule has 0 aromatic heterocycles. The van der Waals surface area contributed by atoms with Crippen molar-refractivity contribution in [2.45, 2.75) is 6.04 Å². The highest BCUT2D eigenvalue weighted by Gasteiger charge is 2.39. The summed E-state index contributed by atoms with van der Waals surface area (Å²) in [6.45, 7) is -0.139. The molecule has 4 N–H and O–H groups in total. The van der Waals surface area contributed by atoms with E-state index in [1.165, 1.54) is 24.3 Å². The van der Waals surface area contributed by atoms with Crippen molar-refractivity contribution in [3.8, 4) is 0 Å². The van der Waals surface area contributed by atoms with E-state index in [0.717, 1.165) is 18.2 Å². The van der Waals surface area contributed by atoms with Crippen LogP contribution in [0.5, 0.6) is 0 Å². The number of anilines is 2. The highest BCUT2D eigenvalue weighted by Crippen LogP contribution is 2.32. The number of carbonyl (C=O) groups excluding carboxylic acids is 1. The first-order valence-corrected chi connectivity index (χ1v) is 8.78. The summed E-state index contributed by atoms with van der Waals surface area (Å²) in [5.74, 6) is 4.25. The van der Waals surface area contributed by atoms with E-state index in [9.17, 15) is 35.1 Å². The standard InChI is InChI=1S/C17H14N8O7/c18-22-15(17(26)20-9-1-3-10(4-2-9)23(27)28)16(25(31)32)14-8-19-12-6-5-11(24(29)30)7-13(12)21-14/h1-7,16,19H,8,18H2,(H,20,26)/b22-15+/t16-/m0/s1. The summed E-state index contributed by atoms with van der Waals surface area (Å²) in [7, 11) is 0. The zero-order valence-electron chi connectivity index (χ0n) is 16.0. The summed E-state index contributed by atoms with van der Waals surface area (Å²) in [4.78, 5) is 48.1. The molecule has 15 nitrogen and oxygen atoms in total. The minimum atomic E-state index is -1.85. The van der Waals surface area contributed by atoms with E-state index in [-0.39, 0.29) is 35.0 Å². The molecule has 15 heteroatoms.